The highest BCUT2D eigenvalue weighted by atomic mass is 35.5. The van der Waals surface area contributed by atoms with E-state index in [1.807, 2.05) is 0 Å². The van der Waals surface area contributed by atoms with E-state index >= 15 is 0 Å². The van der Waals surface area contributed by atoms with Crippen LogP contribution in [0.5, 0.6) is 0 Å². The molecule has 20 heteroatoms. The van der Waals surface area contributed by atoms with Crippen molar-refractivity contribution < 1.29 is 41.7 Å². The number of nitrogens with zero attached hydrogens (tertiary/aromatic N) is 4. The van der Waals surface area contributed by atoms with E-state index in [1.54, 1.807) is 5.38 Å². The predicted octanol–water partition coefficient (Wildman–Crippen LogP) is 8.40. The Balaban J connectivity index is 0.000000378. The van der Waals surface area contributed by atoms with Crippen LogP contribution in [0.1, 0.15) is 23.9 Å². The number of carbonyl (C=O) groups excluding carboxylic acids is 2. The van der Waals surface area contributed by atoms with Gasteiger partial charge in [0, 0.05) is 45.7 Å². The first-order chi connectivity index (χ1) is 21.4. The van der Waals surface area contributed by atoms with Crippen molar-refractivity contribution in [2.45, 2.75) is 26.2 Å². The molecule has 0 spiro atoms. The molecule has 0 aliphatic rings. The second-order valence-electron chi connectivity index (χ2n) is 8.00. The third-order valence-corrected chi connectivity index (χ3v) is 7.36. The van der Waals surface area contributed by atoms with Gasteiger partial charge < -0.3 is 11.1 Å². The molecule has 0 atom stereocenters. The minimum Gasteiger partial charge on any atom is -0.383 e. The van der Waals surface area contributed by atoms with Gasteiger partial charge in [0.15, 0.2) is 0 Å². The van der Waals surface area contributed by atoms with E-state index < -0.39 is 41.8 Å². The molecule has 8 nitrogen and oxygen atoms in total. The lowest BCUT2D eigenvalue weighted by Gasteiger charge is -2.10. The summed E-state index contributed by atoms with van der Waals surface area (Å²) in [4.78, 5) is 36.0. The third-order valence-electron chi connectivity index (χ3n) is 4.80. The largest absolute Gasteiger partial charge is 0.418 e. The summed E-state index contributed by atoms with van der Waals surface area (Å²) in [6.45, 7) is 2.61. The first kappa shape index (κ1) is 38.1. The average Bonchev–Trinajstić information content (AvgIpc) is 3.62. The molecule has 3 N–H and O–H groups in total. The van der Waals surface area contributed by atoms with E-state index in [-0.39, 0.29) is 34.5 Å². The van der Waals surface area contributed by atoms with E-state index in [0.717, 1.165) is 23.5 Å². The van der Waals surface area contributed by atoms with Crippen LogP contribution in [0.15, 0.2) is 35.3 Å². The number of nitrogens with two attached hydrogens (primary N) is 1. The van der Waals surface area contributed by atoms with Gasteiger partial charge in [0.1, 0.15) is 27.5 Å². The maximum atomic E-state index is 12.8. The number of aryl methyl sites for hydroxylation is 2. The average molecular weight is 743 g/mol. The highest BCUT2D eigenvalue weighted by molar-refractivity contribution is 7.13. The molecule has 45 heavy (non-hydrogen) atoms. The van der Waals surface area contributed by atoms with Gasteiger partial charge in [0.2, 0.25) is 11.1 Å². The first-order valence-electron chi connectivity index (χ1n) is 12.3. The molecule has 0 unspecified atom stereocenters. The molecule has 0 radical (unpaired) electrons. The van der Waals surface area contributed by atoms with E-state index in [1.165, 1.54) is 43.0 Å². The molecule has 4 rings (SSSR count). The second kappa shape index (κ2) is 18.1. The summed E-state index contributed by atoms with van der Waals surface area (Å²) in [5.41, 5.74) is 4.29. The zero-order valence-corrected chi connectivity index (χ0v) is 26.8. The number of aromatic nitrogens is 4. The highest BCUT2D eigenvalue weighted by Crippen LogP contribution is 2.36. The van der Waals surface area contributed by atoms with Gasteiger partial charge in [-0.3, -0.25) is 23.9 Å². The van der Waals surface area contributed by atoms with Gasteiger partial charge in [-0.1, -0.05) is 0 Å². The lowest BCUT2D eigenvalue weighted by molar-refractivity contribution is -0.139. The number of anilines is 2. The Morgan fingerprint density at radius 1 is 0.889 bits per heavy atom. The maximum Gasteiger partial charge on any atom is 0.418 e. The smallest absolute Gasteiger partial charge is 0.383 e. The van der Waals surface area contributed by atoms with Crippen molar-refractivity contribution in [2.75, 3.05) is 30.0 Å². The fourth-order valence-electron chi connectivity index (χ4n) is 2.93. The normalized spacial score (nSPS) is 11.1. The highest BCUT2D eigenvalue weighted by Gasteiger charge is 2.34. The first-order valence-corrected chi connectivity index (χ1v) is 14.8. The lowest BCUT2D eigenvalue weighted by atomic mass is 10.1. The molecule has 0 aromatic carbocycles. The molecule has 4 aromatic rings. The number of thiazole rings is 2. The molecule has 0 fully saturated rings. The Bertz CT molecular complexity index is 1590. The number of halogens is 10. The van der Waals surface area contributed by atoms with Gasteiger partial charge in [-0.05, 0) is 37.6 Å². The van der Waals surface area contributed by atoms with E-state index in [9.17, 15) is 40.3 Å². The number of pyridine rings is 2. The number of rotatable bonds is 5. The zero-order chi connectivity index (χ0) is 35.2. The van der Waals surface area contributed by atoms with Crippen molar-refractivity contribution in [3.05, 3.63) is 57.8 Å². The molecule has 0 saturated heterocycles. The number of hydrogen-bond donors (Lipinski definition) is 2. The minimum atomic E-state index is -4.47. The molecule has 4 aromatic heterocycles. The summed E-state index contributed by atoms with van der Waals surface area (Å²) in [5.74, 6) is -0.223. The van der Waals surface area contributed by atoms with Gasteiger partial charge >= 0.3 is 12.4 Å². The van der Waals surface area contributed by atoms with Gasteiger partial charge in [-0.2, -0.15) is 26.3 Å². The number of carbonyl (C=O) groups is 2. The molecule has 0 aliphatic heterocycles. The molecule has 0 aliphatic carbocycles. The Labute approximate surface area is 276 Å². The summed E-state index contributed by atoms with van der Waals surface area (Å²) in [5, 5.41) is 5.77. The van der Waals surface area contributed by atoms with Crippen LogP contribution in [0, 0.1) is 13.8 Å². The standard InChI is InChI=1S/C12H9ClF3N3OS.C10H8F3N3S.C2H2Cl2O.CH3F/c1-6-8(12(14,15)16)2-7(4-17-6)11-19-9(5-21-11)18-10(20)3-13;1-5-7(10(11,12)13)2-6(3-15-5)9-16-8(14)4-17-9;3-1-2(4)5;1-2/h2,4-5H,3H2,1H3,(H,18,20);2-4H,14H2,1H3;1H2;1H3/i;;;1D. The van der Waals surface area contributed by atoms with Crippen molar-refractivity contribution >= 4 is 80.3 Å². The molecule has 0 bridgehead atoms. The zero-order valence-electron chi connectivity index (χ0n) is 23.9. The van der Waals surface area contributed by atoms with E-state index in [4.69, 9.17) is 41.9 Å². The van der Waals surface area contributed by atoms with Gasteiger partial charge in [0.25, 0.3) is 0 Å². The van der Waals surface area contributed by atoms with Crippen molar-refractivity contribution in [3.8, 4) is 21.1 Å². The van der Waals surface area contributed by atoms with Gasteiger partial charge in [-0.25, -0.2) is 9.97 Å². The Hall–Kier alpha value is -3.12. The SMILES string of the molecule is Cc1ncc(-c2nc(N)cs2)cc1C(F)(F)F.Cc1ncc(-c2nc(NC(=O)CCl)cs2)cc1C(F)(F)F.O=C(Cl)CCl.[2H]CF. The molecular weight excluding hydrogens is 720 g/mol. The van der Waals surface area contributed by atoms with Crippen LogP contribution in [0.3, 0.4) is 0 Å². The van der Waals surface area contributed by atoms with Crippen LogP contribution in [-0.2, 0) is 21.9 Å². The number of alkyl halides is 9. The second-order valence-corrected chi connectivity index (χ2v) is 10.7. The van der Waals surface area contributed by atoms with Gasteiger partial charge in [0.05, 0.1) is 25.5 Å². The number of amides is 1. The van der Waals surface area contributed by atoms with E-state index in [0.29, 0.717) is 21.4 Å². The quantitative estimate of drug-likeness (QED) is 0.120. The van der Waals surface area contributed by atoms with Crippen molar-refractivity contribution in [1.29, 1.82) is 0 Å². The summed E-state index contributed by atoms with van der Waals surface area (Å²) in [6.07, 6.45) is -6.20. The van der Waals surface area contributed by atoms with Crippen LogP contribution in [-0.4, -0.2) is 50.0 Å². The van der Waals surface area contributed by atoms with Crippen LogP contribution >= 0.6 is 57.5 Å². The van der Waals surface area contributed by atoms with Crippen LogP contribution in [0.2, 0.25) is 0 Å². The number of nitrogen functional groups attached to an aromatic ring is 1. The summed E-state index contributed by atoms with van der Waals surface area (Å²) in [7, 11) is -1.00. The molecule has 0 saturated carbocycles. The van der Waals surface area contributed by atoms with Crippen molar-refractivity contribution in [2.24, 2.45) is 0 Å². The lowest BCUT2D eigenvalue weighted by Crippen LogP contribution is -2.12. The van der Waals surface area contributed by atoms with Crippen LogP contribution < -0.4 is 11.1 Å². The topological polar surface area (TPSA) is 124 Å². The fourth-order valence-corrected chi connectivity index (χ4v) is 4.42. The van der Waals surface area contributed by atoms with Crippen molar-refractivity contribution in [1.82, 2.24) is 19.9 Å². The van der Waals surface area contributed by atoms with Crippen LogP contribution in [0.25, 0.3) is 21.1 Å². The molecular formula is C25H22Cl3F7N6O2S2. The number of hydrogen-bond acceptors (Lipinski definition) is 9. The van der Waals surface area contributed by atoms with Crippen LogP contribution in [0.4, 0.5) is 42.4 Å². The Morgan fingerprint density at radius 2 is 1.31 bits per heavy atom. The molecule has 246 valence electrons. The third kappa shape index (κ3) is 13.0. The minimum absolute atomic E-state index is 0.0502. The Morgan fingerprint density at radius 3 is 1.67 bits per heavy atom. The summed E-state index contributed by atoms with van der Waals surface area (Å²) < 4.78 is 92.0. The maximum absolute atomic E-state index is 12.8. The van der Waals surface area contributed by atoms with E-state index in [2.05, 4.69) is 25.3 Å². The monoisotopic (exact) mass is 741 g/mol. The predicted molar refractivity (Wildman–Crippen MR) is 163 cm³/mol. The fraction of sp³-hybridized carbons (Fsp3) is 0.280. The molecule has 4 heterocycles. The Kier molecular flexibility index (Phi) is 15.3. The van der Waals surface area contributed by atoms with Gasteiger partial charge in [-0.15, -0.1) is 45.9 Å². The van der Waals surface area contributed by atoms with Crippen molar-refractivity contribution in [3.63, 3.8) is 0 Å². The number of nitrogens with one attached hydrogen (secondary N) is 1. The molecule has 1 amide bonds. The summed E-state index contributed by atoms with van der Waals surface area (Å²) in [6, 6.07) is 2.04. The summed E-state index contributed by atoms with van der Waals surface area (Å²) >= 11 is 17.2.